The number of rotatable bonds is 8. The van der Waals surface area contributed by atoms with E-state index in [9.17, 15) is 4.79 Å². The molecule has 0 unspecified atom stereocenters. The fourth-order valence-corrected chi connectivity index (χ4v) is 4.47. The number of aryl methyl sites for hydroxylation is 2. The highest BCUT2D eigenvalue weighted by molar-refractivity contribution is 7.80. The molecule has 0 bridgehead atoms. The van der Waals surface area contributed by atoms with Crippen molar-refractivity contribution >= 4 is 45.6 Å². The highest BCUT2D eigenvalue weighted by Gasteiger charge is 2.14. The highest BCUT2D eigenvalue weighted by atomic mass is 32.1. The Balaban J connectivity index is 1.51. The van der Waals surface area contributed by atoms with Crippen LogP contribution in [0.25, 0.3) is 16.7 Å². The van der Waals surface area contributed by atoms with Gasteiger partial charge in [-0.15, -0.1) is 10.2 Å². The van der Waals surface area contributed by atoms with Crippen LogP contribution in [0.2, 0.25) is 0 Å². The summed E-state index contributed by atoms with van der Waals surface area (Å²) in [6.07, 6.45) is 0.0164. The quantitative estimate of drug-likeness (QED) is 0.279. The molecule has 0 saturated carbocycles. The molecule has 0 spiro atoms. The van der Waals surface area contributed by atoms with Gasteiger partial charge in [-0.25, -0.2) is 0 Å². The predicted molar refractivity (Wildman–Crippen MR) is 158 cm³/mol. The summed E-state index contributed by atoms with van der Waals surface area (Å²) in [6.45, 7) is 14.1. The molecule has 1 amide bonds. The highest BCUT2D eigenvalue weighted by Crippen LogP contribution is 2.25. The number of benzene rings is 3. The van der Waals surface area contributed by atoms with Gasteiger partial charge >= 0.3 is 0 Å². The van der Waals surface area contributed by atoms with Gasteiger partial charge in [0, 0.05) is 30.0 Å². The molecule has 38 heavy (non-hydrogen) atoms. The number of hydrogen-bond acceptors (Lipinski definition) is 6. The maximum Gasteiger partial charge on any atom is 0.257 e. The van der Waals surface area contributed by atoms with Crippen molar-refractivity contribution < 1.29 is 9.53 Å². The summed E-state index contributed by atoms with van der Waals surface area (Å²) in [5, 5.41) is 15.5. The molecule has 3 aromatic carbocycles. The van der Waals surface area contributed by atoms with Gasteiger partial charge in [-0.3, -0.25) is 10.1 Å². The van der Waals surface area contributed by atoms with Gasteiger partial charge in [-0.05, 0) is 113 Å². The zero-order valence-corrected chi connectivity index (χ0v) is 23.5. The minimum absolute atomic E-state index is 0.0164. The van der Waals surface area contributed by atoms with Crippen LogP contribution in [0.15, 0.2) is 54.6 Å². The number of carbonyl (C=O) groups excluding carboxylic acids is 1. The molecule has 4 rings (SSSR count). The molecule has 4 aromatic rings. The monoisotopic (exact) mass is 530 g/mol. The molecule has 2 N–H and O–H groups in total. The van der Waals surface area contributed by atoms with Crippen LogP contribution in [0.4, 0.5) is 11.4 Å². The molecule has 198 valence electrons. The Bertz CT molecular complexity index is 1480. The van der Waals surface area contributed by atoms with Crippen molar-refractivity contribution in [2.45, 2.75) is 47.6 Å². The van der Waals surface area contributed by atoms with Gasteiger partial charge in [0.25, 0.3) is 5.91 Å². The largest absolute Gasteiger partial charge is 0.491 e. The molecular weight excluding hydrogens is 496 g/mol. The molecule has 0 saturated heterocycles. The Morgan fingerprint density at radius 1 is 1.00 bits per heavy atom. The minimum Gasteiger partial charge on any atom is -0.491 e. The first-order valence-corrected chi connectivity index (χ1v) is 13.2. The summed E-state index contributed by atoms with van der Waals surface area (Å²) in [4.78, 5) is 16.7. The average Bonchev–Trinajstić information content (AvgIpc) is 3.27. The molecular formula is C29H34N6O2S. The Kier molecular flexibility index (Phi) is 8.26. The number of aromatic nitrogens is 3. The van der Waals surface area contributed by atoms with Crippen LogP contribution >= 0.6 is 12.2 Å². The first-order valence-electron chi connectivity index (χ1n) is 12.8. The maximum atomic E-state index is 12.8. The molecule has 0 radical (unpaired) electrons. The van der Waals surface area contributed by atoms with Gasteiger partial charge in [-0.1, -0.05) is 6.07 Å². The third-order valence-corrected chi connectivity index (χ3v) is 6.40. The number of anilines is 2. The van der Waals surface area contributed by atoms with E-state index < -0.39 is 0 Å². The van der Waals surface area contributed by atoms with E-state index >= 15 is 0 Å². The summed E-state index contributed by atoms with van der Waals surface area (Å²) in [5.41, 5.74) is 6.85. The van der Waals surface area contributed by atoms with Crippen molar-refractivity contribution in [3.8, 4) is 11.4 Å². The third kappa shape index (κ3) is 6.11. The fourth-order valence-electron chi connectivity index (χ4n) is 4.27. The van der Waals surface area contributed by atoms with Gasteiger partial charge in [0.1, 0.15) is 16.8 Å². The summed E-state index contributed by atoms with van der Waals surface area (Å²) < 4.78 is 5.68. The molecule has 9 heteroatoms. The normalized spacial score (nSPS) is 11.0. The van der Waals surface area contributed by atoms with Crippen LogP contribution in [-0.4, -0.2) is 45.2 Å². The Labute approximate surface area is 229 Å². The Morgan fingerprint density at radius 2 is 1.71 bits per heavy atom. The van der Waals surface area contributed by atoms with Crippen molar-refractivity contribution in [3.63, 3.8) is 0 Å². The molecule has 0 fully saturated rings. The van der Waals surface area contributed by atoms with Crippen molar-refractivity contribution in [3.05, 3.63) is 71.3 Å². The van der Waals surface area contributed by atoms with E-state index in [1.807, 2.05) is 39.0 Å². The second-order valence-corrected chi connectivity index (χ2v) is 9.80. The lowest BCUT2D eigenvalue weighted by molar-refractivity contribution is 0.0977. The summed E-state index contributed by atoms with van der Waals surface area (Å²) in [5.74, 6) is 0.318. The molecule has 0 aliphatic heterocycles. The van der Waals surface area contributed by atoms with E-state index in [-0.39, 0.29) is 17.1 Å². The molecule has 1 aromatic heterocycles. The number of thiocarbonyl (C=S) groups is 1. The van der Waals surface area contributed by atoms with Crippen LogP contribution in [0.1, 0.15) is 49.2 Å². The zero-order chi connectivity index (χ0) is 27.4. The second kappa shape index (κ2) is 11.6. The number of amides is 1. The van der Waals surface area contributed by atoms with Crippen molar-refractivity contribution in [1.82, 2.24) is 20.3 Å². The van der Waals surface area contributed by atoms with Crippen LogP contribution in [0, 0.1) is 13.8 Å². The third-order valence-electron chi connectivity index (χ3n) is 6.19. The number of fused-ring (bicyclic) bond motifs is 1. The molecule has 8 nitrogen and oxygen atoms in total. The number of carbonyl (C=O) groups is 1. The van der Waals surface area contributed by atoms with Crippen molar-refractivity contribution in [1.29, 1.82) is 0 Å². The van der Waals surface area contributed by atoms with Crippen LogP contribution < -0.4 is 20.3 Å². The van der Waals surface area contributed by atoms with Gasteiger partial charge in [-0.2, -0.15) is 4.80 Å². The number of nitrogens with zero attached hydrogens (tertiary/aromatic N) is 4. The predicted octanol–water partition coefficient (Wildman–Crippen LogP) is 5.80. The van der Waals surface area contributed by atoms with E-state index in [0.717, 1.165) is 46.6 Å². The van der Waals surface area contributed by atoms with E-state index in [0.29, 0.717) is 11.3 Å². The van der Waals surface area contributed by atoms with Gasteiger partial charge in [0.2, 0.25) is 0 Å². The molecule has 0 aliphatic rings. The smallest absolute Gasteiger partial charge is 0.257 e. The lowest BCUT2D eigenvalue weighted by Crippen LogP contribution is -2.34. The standard InChI is InChI=1S/C29H34N6O2S/c1-7-34(8-2)22-12-13-27(20(6)14-22)35-32-25-15-19(5)24(17-26(25)33-35)30-29(38)31-28(36)21-10-9-11-23(16-21)37-18(3)4/h9-18H,7-8H2,1-6H3,(H2,30,31,36,38). The van der Waals surface area contributed by atoms with Gasteiger partial charge in [0.05, 0.1) is 11.8 Å². The lowest BCUT2D eigenvalue weighted by Gasteiger charge is -2.22. The topological polar surface area (TPSA) is 84.3 Å². The molecule has 0 atom stereocenters. The lowest BCUT2D eigenvalue weighted by atomic mass is 10.1. The number of ether oxygens (including phenoxy) is 1. The maximum absolute atomic E-state index is 12.8. The van der Waals surface area contributed by atoms with Crippen molar-refractivity contribution in [2.75, 3.05) is 23.3 Å². The van der Waals surface area contributed by atoms with Gasteiger partial charge in [0.15, 0.2) is 5.11 Å². The first-order chi connectivity index (χ1) is 18.2. The average molecular weight is 531 g/mol. The minimum atomic E-state index is -0.315. The van der Waals surface area contributed by atoms with E-state index in [4.69, 9.17) is 27.2 Å². The summed E-state index contributed by atoms with van der Waals surface area (Å²) >= 11 is 5.43. The Morgan fingerprint density at radius 3 is 2.37 bits per heavy atom. The van der Waals surface area contributed by atoms with E-state index in [2.05, 4.69) is 54.5 Å². The molecule has 0 aliphatic carbocycles. The summed E-state index contributed by atoms with van der Waals surface area (Å²) in [7, 11) is 0. The zero-order valence-electron chi connectivity index (χ0n) is 22.7. The first kappa shape index (κ1) is 27.1. The van der Waals surface area contributed by atoms with E-state index in [1.54, 1.807) is 23.0 Å². The molecule has 1 heterocycles. The van der Waals surface area contributed by atoms with Crippen molar-refractivity contribution in [2.24, 2.45) is 0 Å². The SMILES string of the molecule is CCN(CC)c1ccc(-n2nc3cc(C)c(NC(=S)NC(=O)c4cccc(OC(C)C)c4)cc3n2)c(C)c1. The summed E-state index contributed by atoms with van der Waals surface area (Å²) in [6, 6.07) is 17.2. The Hall–Kier alpha value is -3.98. The number of nitrogens with one attached hydrogen (secondary N) is 2. The van der Waals surface area contributed by atoms with Crippen LogP contribution in [-0.2, 0) is 0 Å². The van der Waals surface area contributed by atoms with Gasteiger partial charge < -0.3 is 15.0 Å². The van der Waals surface area contributed by atoms with Crippen LogP contribution in [0.5, 0.6) is 5.75 Å². The fraction of sp³-hybridized carbons (Fsp3) is 0.310. The van der Waals surface area contributed by atoms with Crippen LogP contribution in [0.3, 0.4) is 0 Å². The second-order valence-electron chi connectivity index (χ2n) is 9.39. The van der Waals surface area contributed by atoms with E-state index in [1.165, 1.54) is 5.69 Å². The number of hydrogen-bond donors (Lipinski definition) is 2.